The van der Waals surface area contributed by atoms with Crippen molar-refractivity contribution in [3.05, 3.63) is 0 Å². The molecule has 1 fully saturated rings. The van der Waals surface area contributed by atoms with E-state index in [9.17, 15) is 0 Å². The fraction of sp³-hybridized carbons (Fsp3) is 1.00. The second-order valence-corrected chi connectivity index (χ2v) is 3.07. The molecule has 0 saturated carbocycles. The predicted octanol–water partition coefficient (Wildman–Crippen LogP) is 0.930. The van der Waals surface area contributed by atoms with Crippen molar-refractivity contribution in [2.45, 2.75) is 19.9 Å². The predicted molar refractivity (Wildman–Crippen MR) is 37.2 cm³/mol. The van der Waals surface area contributed by atoms with Gasteiger partial charge in [0.2, 0.25) is 0 Å². The first-order valence-corrected chi connectivity index (χ1v) is 3.50. The van der Waals surface area contributed by atoms with E-state index in [4.69, 9.17) is 4.74 Å². The molecule has 9 heavy (non-hydrogen) atoms. The molecule has 0 aromatic heterocycles. The van der Waals surface area contributed by atoms with Crippen LogP contribution in [0.3, 0.4) is 0 Å². The van der Waals surface area contributed by atoms with Crippen LogP contribution in [0.25, 0.3) is 0 Å². The van der Waals surface area contributed by atoms with Crippen LogP contribution in [0.5, 0.6) is 0 Å². The molecule has 0 unspecified atom stereocenters. The zero-order valence-corrected chi connectivity index (χ0v) is 6.42. The van der Waals surface area contributed by atoms with Gasteiger partial charge in [-0.25, -0.2) is 0 Å². The van der Waals surface area contributed by atoms with E-state index >= 15 is 0 Å². The highest BCUT2D eigenvalue weighted by Crippen LogP contribution is 2.14. The third-order valence-electron chi connectivity index (χ3n) is 1.92. The fourth-order valence-corrected chi connectivity index (χ4v) is 1.24. The van der Waals surface area contributed by atoms with Gasteiger partial charge in [-0.1, -0.05) is 13.8 Å². The van der Waals surface area contributed by atoms with Crippen LogP contribution >= 0.6 is 0 Å². The van der Waals surface area contributed by atoms with Crippen LogP contribution in [0, 0.1) is 5.92 Å². The first-order valence-electron chi connectivity index (χ1n) is 3.50. The van der Waals surface area contributed by atoms with Gasteiger partial charge in [0.1, 0.15) is 0 Å². The summed E-state index contributed by atoms with van der Waals surface area (Å²) >= 11 is 0. The van der Waals surface area contributed by atoms with Crippen LogP contribution in [0.1, 0.15) is 13.8 Å². The molecule has 1 heterocycles. The van der Waals surface area contributed by atoms with Crippen molar-refractivity contribution in [3.63, 3.8) is 0 Å². The normalized spacial score (nSPS) is 30.0. The van der Waals surface area contributed by atoms with Crippen LogP contribution in [0.4, 0.5) is 0 Å². The Morgan fingerprint density at radius 1 is 1.56 bits per heavy atom. The summed E-state index contributed by atoms with van der Waals surface area (Å²) in [6.45, 7) is 6.18. The second kappa shape index (κ2) is 2.67. The topological polar surface area (TPSA) is 12.5 Å². The molecule has 1 aliphatic rings. The maximum Gasteiger partial charge on any atom is 0.0991 e. The van der Waals surface area contributed by atoms with Gasteiger partial charge in [0.05, 0.1) is 13.3 Å². The SMILES string of the molecule is CC(C)[C@H]1COCN1C. The summed E-state index contributed by atoms with van der Waals surface area (Å²) in [6.07, 6.45) is 0. The number of hydrogen-bond acceptors (Lipinski definition) is 2. The maximum absolute atomic E-state index is 5.26. The molecule has 1 rings (SSSR count). The van der Waals surface area contributed by atoms with Crippen LogP contribution in [-0.2, 0) is 4.74 Å². The molecule has 0 bridgehead atoms. The fourth-order valence-electron chi connectivity index (χ4n) is 1.24. The van der Waals surface area contributed by atoms with Gasteiger partial charge in [-0.3, -0.25) is 4.90 Å². The van der Waals surface area contributed by atoms with Crippen LogP contribution < -0.4 is 0 Å². The highest BCUT2D eigenvalue weighted by atomic mass is 16.5. The molecule has 0 radical (unpaired) electrons. The zero-order valence-electron chi connectivity index (χ0n) is 6.42. The van der Waals surface area contributed by atoms with E-state index in [-0.39, 0.29) is 0 Å². The van der Waals surface area contributed by atoms with E-state index in [1.54, 1.807) is 0 Å². The first kappa shape index (κ1) is 7.03. The molecule has 54 valence electrons. The highest BCUT2D eigenvalue weighted by molar-refractivity contribution is 4.73. The molecule has 2 nitrogen and oxygen atoms in total. The third kappa shape index (κ3) is 1.43. The van der Waals surface area contributed by atoms with E-state index in [1.165, 1.54) is 0 Å². The Morgan fingerprint density at radius 2 is 2.22 bits per heavy atom. The lowest BCUT2D eigenvalue weighted by Crippen LogP contribution is -2.31. The number of likely N-dealkylation sites (N-methyl/N-ethyl adjacent to an activating group) is 1. The highest BCUT2D eigenvalue weighted by Gasteiger charge is 2.23. The van der Waals surface area contributed by atoms with Gasteiger partial charge in [0, 0.05) is 6.04 Å². The van der Waals surface area contributed by atoms with E-state index < -0.39 is 0 Å². The number of rotatable bonds is 1. The summed E-state index contributed by atoms with van der Waals surface area (Å²) in [6, 6.07) is 0.644. The van der Waals surface area contributed by atoms with Crippen LogP contribution in [0.15, 0.2) is 0 Å². The Kier molecular flexibility index (Phi) is 2.09. The molecular formula is C7H15NO. The lowest BCUT2D eigenvalue weighted by molar-refractivity contribution is 0.153. The molecular weight excluding hydrogens is 114 g/mol. The van der Waals surface area contributed by atoms with Gasteiger partial charge in [-0.05, 0) is 13.0 Å². The zero-order chi connectivity index (χ0) is 6.85. The van der Waals surface area contributed by atoms with E-state index in [0.29, 0.717) is 6.04 Å². The van der Waals surface area contributed by atoms with Gasteiger partial charge >= 0.3 is 0 Å². The average Bonchev–Trinajstić information content (AvgIpc) is 2.13. The summed E-state index contributed by atoms with van der Waals surface area (Å²) in [7, 11) is 2.11. The van der Waals surface area contributed by atoms with Crippen LogP contribution in [-0.4, -0.2) is 31.3 Å². The summed E-state index contributed by atoms with van der Waals surface area (Å²) in [5, 5.41) is 0. The van der Waals surface area contributed by atoms with Gasteiger partial charge < -0.3 is 4.74 Å². The van der Waals surface area contributed by atoms with Crippen molar-refractivity contribution in [2.24, 2.45) is 5.92 Å². The minimum absolute atomic E-state index is 0.644. The quantitative estimate of drug-likeness (QED) is 0.522. The molecule has 1 aliphatic heterocycles. The largest absolute Gasteiger partial charge is 0.364 e. The third-order valence-corrected chi connectivity index (χ3v) is 1.92. The van der Waals surface area contributed by atoms with Gasteiger partial charge in [0.15, 0.2) is 0 Å². The van der Waals surface area contributed by atoms with Crippen molar-refractivity contribution in [1.29, 1.82) is 0 Å². The van der Waals surface area contributed by atoms with Gasteiger partial charge in [-0.2, -0.15) is 0 Å². The maximum atomic E-state index is 5.26. The van der Waals surface area contributed by atoms with Crippen molar-refractivity contribution in [2.75, 3.05) is 20.4 Å². The summed E-state index contributed by atoms with van der Waals surface area (Å²) in [4.78, 5) is 2.25. The lowest BCUT2D eigenvalue weighted by atomic mass is 10.1. The Morgan fingerprint density at radius 3 is 2.44 bits per heavy atom. The molecule has 0 aromatic rings. The molecule has 0 N–H and O–H groups in total. The number of ether oxygens (including phenoxy) is 1. The Bertz CT molecular complexity index is 92.9. The van der Waals surface area contributed by atoms with Crippen molar-refractivity contribution < 1.29 is 4.74 Å². The molecule has 0 aromatic carbocycles. The second-order valence-electron chi connectivity index (χ2n) is 3.07. The number of hydrogen-bond donors (Lipinski definition) is 0. The van der Waals surface area contributed by atoms with Crippen molar-refractivity contribution >= 4 is 0 Å². The monoisotopic (exact) mass is 129 g/mol. The Balaban J connectivity index is 2.40. The first-order chi connectivity index (χ1) is 4.22. The Hall–Kier alpha value is -0.0800. The standard InChI is InChI=1S/C7H15NO/c1-6(2)7-4-9-5-8(7)3/h6-7H,4-5H2,1-3H3/t7-/m1/s1. The molecule has 2 heteroatoms. The average molecular weight is 129 g/mol. The molecule has 1 atom stereocenters. The molecule has 0 amide bonds. The van der Waals surface area contributed by atoms with Gasteiger partial charge in [0.25, 0.3) is 0 Å². The Labute approximate surface area is 56.8 Å². The summed E-state index contributed by atoms with van der Waals surface area (Å²) in [5.41, 5.74) is 0. The smallest absolute Gasteiger partial charge is 0.0991 e. The van der Waals surface area contributed by atoms with E-state index in [0.717, 1.165) is 19.3 Å². The summed E-state index contributed by atoms with van der Waals surface area (Å²) < 4.78 is 5.26. The van der Waals surface area contributed by atoms with E-state index in [1.807, 2.05) is 0 Å². The molecule has 0 spiro atoms. The van der Waals surface area contributed by atoms with Gasteiger partial charge in [-0.15, -0.1) is 0 Å². The molecule has 1 saturated heterocycles. The molecule has 0 aliphatic carbocycles. The number of nitrogens with zero attached hydrogens (tertiary/aromatic N) is 1. The van der Waals surface area contributed by atoms with Crippen molar-refractivity contribution in [1.82, 2.24) is 4.90 Å². The van der Waals surface area contributed by atoms with Crippen LogP contribution in [0.2, 0.25) is 0 Å². The van der Waals surface area contributed by atoms with E-state index in [2.05, 4.69) is 25.8 Å². The van der Waals surface area contributed by atoms with Crippen molar-refractivity contribution in [3.8, 4) is 0 Å². The lowest BCUT2D eigenvalue weighted by Gasteiger charge is -2.19. The minimum atomic E-state index is 0.644. The minimum Gasteiger partial charge on any atom is -0.364 e. The summed E-state index contributed by atoms with van der Waals surface area (Å²) in [5.74, 6) is 0.720.